The highest BCUT2D eigenvalue weighted by Crippen LogP contribution is 2.30. The van der Waals surface area contributed by atoms with Crippen molar-refractivity contribution >= 4 is 26.8 Å². The molecule has 0 aliphatic rings. The molecule has 0 spiro atoms. The predicted molar refractivity (Wildman–Crippen MR) is 60.7 cm³/mol. The first-order valence-corrected chi connectivity index (χ1v) is 5.10. The Morgan fingerprint density at radius 2 is 2.14 bits per heavy atom. The predicted octanol–water partition coefficient (Wildman–Crippen LogP) is 3.31. The molecule has 0 unspecified atom stereocenters. The van der Waals surface area contributed by atoms with E-state index in [9.17, 15) is 0 Å². The van der Waals surface area contributed by atoms with Crippen molar-refractivity contribution in [2.24, 2.45) is 0 Å². The van der Waals surface area contributed by atoms with Crippen LogP contribution in [0, 0.1) is 6.92 Å². The van der Waals surface area contributed by atoms with Crippen molar-refractivity contribution in [3.05, 3.63) is 34.4 Å². The molecular weight excluding hydrogens is 242 g/mol. The second-order valence-electron chi connectivity index (χ2n) is 3.16. The first-order chi connectivity index (χ1) is 6.72. The van der Waals surface area contributed by atoms with Gasteiger partial charge in [0.25, 0.3) is 0 Å². The van der Waals surface area contributed by atoms with Gasteiger partial charge in [-0.25, -0.2) is 0 Å². The van der Waals surface area contributed by atoms with Gasteiger partial charge in [-0.15, -0.1) is 0 Å². The molecule has 0 fully saturated rings. The van der Waals surface area contributed by atoms with Crippen LogP contribution in [0.15, 0.2) is 28.9 Å². The van der Waals surface area contributed by atoms with Gasteiger partial charge in [0, 0.05) is 16.1 Å². The van der Waals surface area contributed by atoms with Crippen LogP contribution in [0.1, 0.15) is 5.56 Å². The Morgan fingerprint density at radius 3 is 2.86 bits per heavy atom. The van der Waals surface area contributed by atoms with E-state index < -0.39 is 0 Å². The fourth-order valence-corrected chi connectivity index (χ4v) is 1.86. The molecule has 0 amide bonds. The molecule has 0 atom stereocenters. The highest BCUT2D eigenvalue weighted by molar-refractivity contribution is 9.10. The number of rotatable bonds is 1. The smallest absolute Gasteiger partial charge is 0.145 e. The molecule has 72 valence electrons. The van der Waals surface area contributed by atoms with E-state index in [2.05, 4.69) is 27.0 Å². The number of aromatic nitrogens is 1. The van der Waals surface area contributed by atoms with Gasteiger partial charge in [0.1, 0.15) is 11.3 Å². The number of nitrogens with zero attached hydrogens (tertiary/aromatic N) is 1. The molecule has 0 aliphatic carbocycles. The molecule has 2 nitrogen and oxygen atoms in total. The largest absolute Gasteiger partial charge is 0.494 e. The summed E-state index contributed by atoms with van der Waals surface area (Å²) in [5, 5.41) is 1.09. The van der Waals surface area contributed by atoms with Crippen LogP contribution in [-0.4, -0.2) is 12.1 Å². The quantitative estimate of drug-likeness (QED) is 0.776. The SMILES string of the molecule is COc1ccc(Br)c2cc(C)cnc12. The maximum atomic E-state index is 5.24. The van der Waals surface area contributed by atoms with Crippen LogP contribution in [0.5, 0.6) is 5.75 Å². The first-order valence-electron chi connectivity index (χ1n) is 4.31. The van der Waals surface area contributed by atoms with Gasteiger partial charge >= 0.3 is 0 Å². The topological polar surface area (TPSA) is 22.1 Å². The van der Waals surface area contributed by atoms with Gasteiger partial charge in [-0.2, -0.15) is 0 Å². The van der Waals surface area contributed by atoms with Gasteiger partial charge in [-0.05, 0) is 30.7 Å². The van der Waals surface area contributed by atoms with Gasteiger partial charge in [0.2, 0.25) is 0 Å². The summed E-state index contributed by atoms with van der Waals surface area (Å²) in [5.74, 6) is 0.809. The third-order valence-corrected chi connectivity index (χ3v) is 2.81. The third-order valence-electron chi connectivity index (χ3n) is 2.12. The first kappa shape index (κ1) is 9.46. The van der Waals surface area contributed by atoms with Gasteiger partial charge < -0.3 is 4.74 Å². The van der Waals surface area contributed by atoms with Crippen molar-refractivity contribution in [1.82, 2.24) is 4.98 Å². The summed E-state index contributed by atoms with van der Waals surface area (Å²) in [6, 6.07) is 5.98. The van der Waals surface area contributed by atoms with Crippen LogP contribution >= 0.6 is 15.9 Å². The number of aryl methyl sites for hydroxylation is 1. The molecule has 0 saturated heterocycles. The van der Waals surface area contributed by atoms with E-state index in [0.717, 1.165) is 26.7 Å². The van der Waals surface area contributed by atoms with E-state index in [1.54, 1.807) is 7.11 Å². The molecule has 2 aromatic rings. The average molecular weight is 252 g/mol. The van der Waals surface area contributed by atoms with Crippen molar-refractivity contribution in [2.75, 3.05) is 7.11 Å². The van der Waals surface area contributed by atoms with Crippen molar-refractivity contribution in [3.63, 3.8) is 0 Å². The van der Waals surface area contributed by atoms with E-state index in [-0.39, 0.29) is 0 Å². The molecule has 0 bridgehead atoms. The number of ether oxygens (including phenoxy) is 1. The molecule has 1 aromatic carbocycles. The molecule has 1 aromatic heterocycles. The molecule has 1 heterocycles. The van der Waals surface area contributed by atoms with Crippen LogP contribution in [-0.2, 0) is 0 Å². The second-order valence-corrected chi connectivity index (χ2v) is 4.01. The molecular formula is C11H10BrNO. The van der Waals surface area contributed by atoms with Crippen LogP contribution < -0.4 is 4.74 Å². The number of methoxy groups -OCH3 is 1. The lowest BCUT2D eigenvalue weighted by atomic mass is 10.1. The zero-order valence-electron chi connectivity index (χ0n) is 8.04. The van der Waals surface area contributed by atoms with E-state index >= 15 is 0 Å². The summed E-state index contributed by atoms with van der Waals surface area (Å²) >= 11 is 3.50. The Labute approximate surface area is 91.0 Å². The molecule has 0 aliphatic heterocycles. The van der Waals surface area contributed by atoms with E-state index in [0.29, 0.717) is 0 Å². The summed E-state index contributed by atoms with van der Waals surface area (Å²) in [4.78, 5) is 4.36. The maximum Gasteiger partial charge on any atom is 0.145 e. The van der Waals surface area contributed by atoms with Crippen molar-refractivity contribution < 1.29 is 4.74 Å². The lowest BCUT2D eigenvalue weighted by Crippen LogP contribution is -1.88. The van der Waals surface area contributed by atoms with Gasteiger partial charge in [-0.1, -0.05) is 15.9 Å². The van der Waals surface area contributed by atoms with E-state index in [4.69, 9.17) is 4.74 Å². The van der Waals surface area contributed by atoms with Crippen molar-refractivity contribution in [2.45, 2.75) is 6.92 Å². The molecule has 2 rings (SSSR count). The fourth-order valence-electron chi connectivity index (χ4n) is 1.43. The minimum Gasteiger partial charge on any atom is -0.494 e. The lowest BCUT2D eigenvalue weighted by molar-refractivity contribution is 0.419. The minimum absolute atomic E-state index is 0.809. The third kappa shape index (κ3) is 1.48. The Kier molecular flexibility index (Phi) is 2.42. The molecule has 3 heteroatoms. The van der Waals surface area contributed by atoms with Crippen LogP contribution in [0.3, 0.4) is 0 Å². The Hall–Kier alpha value is -1.09. The summed E-state index contributed by atoms with van der Waals surface area (Å²) in [7, 11) is 1.66. The van der Waals surface area contributed by atoms with Gasteiger partial charge in [0.05, 0.1) is 7.11 Å². The summed E-state index contributed by atoms with van der Waals surface area (Å²) in [5.41, 5.74) is 2.04. The van der Waals surface area contributed by atoms with Gasteiger partial charge in [0.15, 0.2) is 0 Å². The monoisotopic (exact) mass is 251 g/mol. The highest BCUT2D eigenvalue weighted by Gasteiger charge is 2.05. The standard InChI is InChI=1S/C11H10BrNO/c1-7-5-8-9(12)3-4-10(14-2)11(8)13-6-7/h3-6H,1-2H3. The zero-order valence-corrected chi connectivity index (χ0v) is 9.63. The number of hydrogen-bond donors (Lipinski definition) is 0. The normalized spacial score (nSPS) is 10.5. The summed E-state index contributed by atoms with van der Waals surface area (Å²) < 4.78 is 6.28. The van der Waals surface area contributed by atoms with Crippen LogP contribution in [0.25, 0.3) is 10.9 Å². The van der Waals surface area contributed by atoms with E-state index in [1.807, 2.05) is 25.3 Å². The molecule has 14 heavy (non-hydrogen) atoms. The number of fused-ring (bicyclic) bond motifs is 1. The second kappa shape index (κ2) is 3.58. The van der Waals surface area contributed by atoms with E-state index in [1.165, 1.54) is 0 Å². The highest BCUT2D eigenvalue weighted by atomic mass is 79.9. The molecule has 0 radical (unpaired) electrons. The number of hydrogen-bond acceptors (Lipinski definition) is 2. The Balaban J connectivity index is 2.84. The number of halogens is 1. The number of pyridine rings is 1. The maximum absolute atomic E-state index is 5.24. The Bertz CT molecular complexity index is 482. The van der Waals surface area contributed by atoms with Crippen molar-refractivity contribution in [3.8, 4) is 5.75 Å². The zero-order chi connectivity index (χ0) is 10.1. The fraction of sp³-hybridized carbons (Fsp3) is 0.182. The summed E-state index contributed by atoms with van der Waals surface area (Å²) in [6.45, 7) is 2.03. The summed E-state index contributed by atoms with van der Waals surface area (Å²) in [6.07, 6.45) is 1.84. The number of benzene rings is 1. The van der Waals surface area contributed by atoms with Crippen molar-refractivity contribution in [1.29, 1.82) is 0 Å². The van der Waals surface area contributed by atoms with Crippen LogP contribution in [0.2, 0.25) is 0 Å². The minimum atomic E-state index is 0.809. The molecule has 0 saturated carbocycles. The van der Waals surface area contributed by atoms with Crippen LogP contribution in [0.4, 0.5) is 0 Å². The average Bonchev–Trinajstić information content (AvgIpc) is 2.19. The van der Waals surface area contributed by atoms with Gasteiger partial charge in [-0.3, -0.25) is 4.98 Å². The Morgan fingerprint density at radius 1 is 1.36 bits per heavy atom. The lowest BCUT2D eigenvalue weighted by Gasteiger charge is -2.06. The molecule has 0 N–H and O–H groups in total.